The number of sulfone groups is 1. The lowest BCUT2D eigenvalue weighted by atomic mass is 9.99. The minimum Gasteiger partial charge on any atom is -0.372 e. The highest BCUT2D eigenvalue weighted by Crippen LogP contribution is 2.27. The van der Waals surface area contributed by atoms with E-state index in [1.165, 1.54) is 29.7 Å². The molecular weight excluding hydrogens is 382 g/mol. The highest BCUT2D eigenvalue weighted by Gasteiger charge is 2.29. The van der Waals surface area contributed by atoms with Gasteiger partial charge in [0.05, 0.1) is 29.3 Å². The predicted molar refractivity (Wildman–Crippen MR) is 124 cm³/mol. The molecule has 0 bridgehead atoms. The summed E-state index contributed by atoms with van der Waals surface area (Å²) in [6, 6.07) is 7.27. The van der Waals surface area contributed by atoms with E-state index in [-0.39, 0.29) is 17.5 Å². The van der Waals surface area contributed by atoms with Crippen molar-refractivity contribution in [2.75, 3.05) is 17.2 Å². The number of morpholine rings is 1. The Labute approximate surface area is 178 Å². The number of hydrogen-bond donors (Lipinski definition) is 0. The van der Waals surface area contributed by atoms with Crippen molar-refractivity contribution in [2.24, 2.45) is 0 Å². The van der Waals surface area contributed by atoms with Gasteiger partial charge >= 0.3 is 0 Å². The molecule has 3 atom stereocenters. The van der Waals surface area contributed by atoms with Gasteiger partial charge in [-0.2, -0.15) is 0 Å². The minimum absolute atomic E-state index is 0.245. The fraction of sp³-hybridized carbons (Fsp3) is 0.750. The van der Waals surface area contributed by atoms with Crippen molar-refractivity contribution in [2.45, 2.75) is 104 Å². The van der Waals surface area contributed by atoms with Crippen molar-refractivity contribution < 1.29 is 13.2 Å². The summed E-state index contributed by atoms with van der Waals surface area (Å²) in [5, 5.41) is -0.250. The second-order valence-electron chi connectivity index (χ2n) is 9.09. The Kier molecular flexibility index (Phi) is 9.02. The average molecular weight is 424 g/mol. The summed E-state index contributed by atoms with van der Waals surface area (Å²) in [7, 11) is -2.88. The molecule has 5 heteroatoms. The first-order valence-corrected chi connectivity index (χ1v) is 13.1. The molecule has 1 heterocycles. The van der Waals surface area contributed by atoms with E-state index in [1.54, 1.807) is 13.8 Å². The second-order valence-corrected chi connectivity index (χ2v) is 11.8. The summed E-state index contributed by atoms with van der Waals surface area (Å²) in [5.74, 6) is 0.336. The maximum Gasteiger partial charge on any atom is 0.152 e. The van der Waals surface area contributed by atoms with Gasteiger partial charge in [0.15, 0.2) is 9.84 Å². The molecule has 1 aliphatic heterocycles. The normalized spacial score (nSPS) is 23.0. The van der Waals surface area contributed by atoms with E-state index < -0.39 is 9.84 Å². The van der Waals surface area contributed by atoms with Gasteiger partial charge in [0.25, 0.3) is 0 Å². The fourth-order valence-electron chi connectivity index (χ4n) is 4.08. The Hall–Kier alpha value is -1.07. The van der Waals surface area contributed by atoms with Gasteiger partial charge in [-0.15, -0.1) is 0 Å². The smallest absolute Gasteiger partial charge is 0.152 e. The van der Waals surface area contributed by atoms with Crippen molar-refractivity contribution >= 4 is 15.5 Å². The van der Waals surface area contributed by atoms with Gasteiger partial charge in [-0.05, 0) is 84.1 Å². The number of anilines is 1. The molecule has 1 aromatic carbocycles. The number of nitrogens with zero attached hydrogens (tertiary/aromatic N) is 1. The molecule has 0 saturated carbocycles. The van der Waals surface area contributed by atoms with Gasteiger partial charge in [0, 0.05) is 12.2 Å². The molecule has 2 rings (SSSR count). The van der Waals surface area contributed by atoms with Crippen LogP contribution >= 0.6 is 0 Å². The third-order valence-corrected chi connectivity index (χ3v) is 8.62. The molecule has 4 nitrogen and oxygen atoms in total. The Morgan fingerprint density at radius 2 is 1.72 bits per heavy atom. The molecule has 0 aromatic heterocycles. The van der Waals surface area contributed by atoms with Gasteiger partial charge in [-0.1, -0.05) is 25.3 Å². The van der Waals surface area contributed by atoms with Crippen molar-refractivity contribution in [1.29, 1.82) is 0 Å². The Morgan fingerprint density at radius 3 is 2.38 bits per heavy atom. The van der Waals surface area contributed by atoms with Gasteiger partial charge in [0.1, 0.15) is 0 Å². The number of benzene rings is 1. The molecule has 1 aromatic rings. The lowest BCUT2D eigenvalue weighted by Crippen LogP contribution is -2.52. The Morgan fingerprint density at radius 1 is 1.07 bits per heavy atom. The Balaban J connectivity index is 1.77. The molecule has 0 spiro atoms. The van der Waals surface area contributed by atoms with Gasteiger partial charge in [-0.3, -0.25) is 0 Å². The zero-order chi connectivity index (χ0) is 21.6. The predicted octanol–water partition coefficient (Wildman–Crippen LogP) is 5.31. The van der Waals surface area contributed by atoms with Crippen LogP contribution in [0.15, 0.2) is 18.2 Å². The number of ether oxygens (including phenoxy) is 1. The summed E-state index contributed by atoms with van der Waals surface area (Å²) in [6.45, 7) is 13.2. The minimum atomic E-state index is -2.88. The molecule has 0 radical (unpaired) electrons. The lowest BCUT2D eigenvalue weighted by molar-refractivity contribution is -0.0257. The van der Waals surface area contributed by atoms with Gasteiger partial charge in [-0.25, -0.2) is 8.42 Å². The first-order chi connectivity index (χ1) is 13.6. The zero-order valence-corrected chi connectivity index (χ0v) is 20.1. The molecule has 0 N–H and O–H groups in total. The number of unbranched alkanes of at least 4 members (excludes halogenated alkanes) is 4. The van der Waals surface area contributed by atoms with Crippen LogP contribution in [-0.4, -0.2) is 44.2 Å². The van der Waals surface area contributed by atoms with Crippen LogP contribution in [-0.2, 0) is 21.0 Å². The zero-order valence-electron chi connectivity index (χ0n) is 19.3. The lowest BCUT2D eigenvalue weighted by Gasteiger charge is -2.42. The first-order valence-electron chi connectivity index (χ1n) is 11.3. The van der Waals surface area contributed by atoms with Crippen LogP contribution in [0.3, 0.4) is 0 Å². The van der Waals surface area contributed by atoms with E-state index in [1.807, 2.05) is 0 Å². The molecule has 1 unspecified atom stereocenters. The van der Waals surface area contributed by atoms with Crippen molar-refractivity contribution in [3.05, 3.63) is 29.3 Å². The molecule has 0 amide bonds. The van der Waals surface area contributed by atoms with Gasteiger partial charge in [0.2, 0.25) is 0 Å². The second kappa shape index (κ2) is 10.8. The molecule has 0 aliphatic carbocycles. The molecule has 1 fully saturated rings. The maximum atomic E-state index is 11.8. The highest BCUT2D eigenvalue weighted by molar-refractivity contribution is 7.91. The van der Waals surface area contributed by atoms with Crippen LogP contribution in [0.25, 0.3) is 0 Å². The SMILES string of the molecule is Cc1cc(N2C[C@H](C)O[C@H](C)C2C)ccc1CCCCCCCS(=O)(=O)C(C)C. The number of hydrogen-bond acceptors (Lipinski definition) is 4. The summed E-state index contributed by atoms with van der Waals surface area (Å²) in [6.07, 6.45) is 6.86. The topological polar surface area (TPSA) is 46.6 Å². The molecule has 1 saturated heterocycles. The molecular formula is C24H41NO3S. The van der Waals surface area contributed by atoms with Crippen LogP contribution < -0.4 is 4.90 Å². The van der Waals surface area contributed by atoms with Crippen LogP contribution in [0.5, 0.6) is 0 Å². The third-order valence-electron chi connectivity index (χ3n) is 6.32. The van der Waals surface area contributed by atoms with Crippen LogP contribution in [0.4, 0.5) is 5.69 Å². The average Bonchev–Trinajstić information content (AvgIpc) is 2.64. The highest BCUT2D eigenvalue weighted by atomic mass is 32.2. The van der Waals surface area contributed by atoms with Crippen LogP contribution in [0, 0.1) is 6.92 Å². The van der Waals surface area contributed by atoms with Crippen molar-refractivity contribution in [3.8, 4) is 0 Å². The van der Waals surface area contributed by atoms with E-state index in [9.17, 15) is 8.42 Å². The molecule has 1 aliphatic rings. The number of aryl methyl sites for hydroxylation is 2. The summed E-state index contributed by atoms with van der Waals surface area (Å²) >= 11 is 0. The standard InChI is InChI=1S/C24H41NO3S/c1-18(2)29(26,27)15-11-9-7-8-10-12-23-13-14-24(16-19(23)3)25-17-20(4)28-22(6)21(25)5/h13-14,16,18,20-22H,7-12,15,17H2,1-6H3/t20-,21?,22+/m0/s1. The maximum absolute atomic E-state index is 11.8. The largest absolute Gasteiger partial charge is 0.372 e. The number of rotatable bonds is 10. The van der Waals surface area contributed by atoms with Crippen molar-refractivity contribution in [3.63, 3.8) is 0 Å². The summed E-state index contributed by atoms with van der Waals surface area (Å²) in [4.78, 5) is 2.47. The quantitative estimate of drug-likeness (QED) is 0.478. The van der Waals surface area contributed by atoms with E-state index in [0.29, 0.717) is 11.8 Å². The monoisotopic (exact) mass is 423 g/mol. The van der Waals surface area contributed by atoms with E-state index in [0.717, 1.165) is 32.2 Å². The van der Waals surface area contributed by atoms with Crippen LogP contribution in [0.1, 0.15) is 77.8 Å². The van der Waals surface area contributed by atoms with Crippen molar-refractivity contribution in [1.82, 2.24) is 0 Å². The van der Waals surface area contributed by atoms with E-state index in [2.05, 4.69) is 50.8 Å². The first kappa shape index (κ1) is 24.2. The third kappa shape index (κ3) is 6.99. The summed E-state index contributed by atoms with van der Waals surface area (Å²) in [5.41, 5.74) is 4.09. The summed E-state index contributed by atoms with van der Waals surface area (Å²) < 4.78 is 29.6. The van der Waals surface area contributed by atoms with E-state index >= 15 is 0 Å². The van der Waals surface area contributed by atoms with E-state index in [4.69, 9.17) is 4.74 Å². The Bertz CT molecular complexity index is 744. The van der Waals surface area contributed by atoms with Gasteiger partial charge < -0.3 is 9.64 Å². The molecule has 29 heavy (non-hydrogen) atoms. The fourth-order valence-corrected chi connectivity index (χ4v) is 5.16. The molecule has 166 valence electrons. The van der Waals surface area contributed by atoms with Crippen LogP contribution in [0.2, 0.25) is 0 Å².